The van der Waals surface area contributed by atoms with Crippen LogP contribution in [-0.4, -0.2) is 27.1 Å². The third-order valence-corrected chi connectivity index (χ3v) is 5.18. The maximum absolute atomic E-state index is 9.92. The second kappa shape index (κ2) is 13.4. The number of benzene rings is 2. The minimum absolute atomic E-state index is 0.277. The smallest absolute Gasteiger partial charge is 0.164 e. The van der Waals surface area contributed by atoms with Gasteiger partial charge in [-0.25, -0.2) is 0 Å². The molecule has 0 aliphatic heterocycles. The van der Waals surface area contributed by atoms with Gasteiger partial charge < -0.3 is 9.84 Å². The minimum atomic E-state index is 0.277. The molecule has 2 aromatic carbocycles. The number of phenolic OH excluding ortho intramolecular Hbond substituents is 1. The zero-order valence-corrected chi connectivity index (χ0v) is 19.3. The fraction of sp³-hybridized carbons (Fsp3) is 0.423. The summed E-state index contributed by atoms with van der Waals surface area (Å²) in [7, 11) is 0. The summed E-state index contributed by atoms with van der Waals surface area (Å²) in [5.74, 6) is 0.980. The van der Waals surface area contributed by atoms with Crippen LogP contribution in [0.2, 0.25) is 0 Å². The minimum Gasteiger partial charge on any atom is -0.504 e. The molecule has 5 heteroatoms. The van der Waals surface area contributed by atoms with Crippen LogP contribution in [0.5, 0.6) is 11.5 Å². The monoisotopic (exact) mass is 421 g/mol. The van der Waals surface area contributed by atoms with Crippen molar-refractivity contribution >= 4 is 0 Å². The first-order valence-electron chi connectivity index (χ1n) is 11.3. The van der Waals surface area contributed by atoms with Gasteiger partial charge in [0.05, 0.1) is 18.5 Å². The summed E-state index contributed by atoms with van der Waals surface area (Å²) in [6.07, 6.45) is 8.35. The average Bonchev–Trinajstić information content (AvgIpc) is 2.81. The van der Waals surface area contributed by atoms with E-state index in [1.54, 1.807) is 12.3 Å². The van der Waals surface area contributed by atoms with Crippen LogP contribution in [0.15, 0.2) is 48.7 Å². The highest BCUT2D eigenvalue weighted by atomic mass is 16.5. The molecule has 3 aromatic rings. The average molecular weight is 422 g/mol. The summed E-state index contributed by atoms with van der Waals surface area (Å²) in [4.78, 5) is 0. The predicted octanol–water partition coefficient (Wildman–Crippen LogP) is 6.32. The largest absolute Gasteiger partial charge is 0.504 e. The van der Waals surface area contributed by atoms with Crippen molar-refractivity contribution in [3.05, 3.63) is 65.4 Å². The number of hydrogen-bond donors (Lipinski definition) is 1. The van der Waals surface area contributed by atoms with Gasteiger partial charge in [-0.05, 0) is 48.6 Å². The third-order valence-electron chi connectivity index (χ3n) is 5.18. The third kappa shape index (κ3) is 7.35. The Morgan fingerprint density at radius 1 is 0.903 bits per heavy atom. The van der Waals surface area contributed by atoms with Gasteiger partial charge >= 0.3 is 0 Å². The van der Waals surface area contributed by atoms with Gasteiger partial charge in [-0.2, -0.15) is 0 Å². The van der Waals surface area contributed by atoms with E-state index in [1.807, 2.05) is 43.3 Å². The molecular weight excluding hydrogens is 386 g/mol. The standard InChI is InChI=1S/C16H26O2.C10H9N3/c1-4-7-8-9-12-18-16-14(6-3)13(5-2)10-11-15(16)17;1-8-7-11-13-12-10(8)9-5-3-2-4-6-9/h10-11,17H,4-9,12H2,1-3H3;2-7H,1H3. The maximum atomic E-state index is 9.92. The van der Waals surface area contributed by atoms with E-state index in [1.165, 1.54) is 24.8 Å². The summed E-state index contributed by atoms with van der Waals surface area (Å²) >= 11 is 0. The molecule has 1 N–H and O–H groups in total. The predicted molar refractivity (Wildman–Crippen MR) is 126 cm³/mol. The fourth-order valence-corrected chi connectivity index (χ4v) is 3.44. The normalized spacial score (nSPS) is 10.3. The Hall–Kier alpha value is -2.95. The van der Waals surface area contributed by atoms with Crippen molar-refractivity contribution in [2.24, 2.45) is 0 Å². The first-order chi connectivity index (χ1) is 15.1. The van der Waals surface area contributed by atoms with Gasteiger partial charge in [-0.15, -0.1) is 10.2 Å². The molecule has 0 bridgehead atoms. The topological polar surface area (TPSA) is 68.1 Å². The summed E-state index contributed by atoms with van der Waals surface area (Å²) in [5, 5.41) is 21.2. The van der Waals surface area contributed by atoms with Crippen LogP contribution < -0.4 is 4.74 Å². The molecule has 0 unspecified atom stereocenters. The summed E-state index contributed by atoms with van der Waals surface area (Å²) < 4.78 is 5.80. The van der Waals surface area contributed by atoms with E-state index in [2.05, 4.69) is 36.2 Å². The molecule has 5 nitrogen and oxygen atoms in total. The number of rotatable bonds is 9. The molecule has 0 spiro atoms. The Morgan fingerprint density at radius 3 is 2.32 bits per heavy atom. The van der Waals surface area contributed by atoms with Gasteiger partial charge in [-0.1, -0.05) is 76.4 Å². The van der Waals surface area contributed by atoms with Crippen LogP contribution in [0.3, 0.4) is 0 Å². The van der Waals surface area contributed by atoms with Gasteiger partial charge in [0.15, 0.2) is 11.5 Å². The number of phenols is 1. The van der Waals surface area contributed by atoms with Crippen LogP contribution in [-0.2, 0) is 12.8 Å². The molecule has 0 aliphatic rings. The second-order valence-corrected chi connectivity index (χ2v) is 7.50. The lowest BCUT2D eigenvalue weighted by molar-refractivity contribution is 0.286. The van der Waals surface area contributed by atoms with Crippen LogP contribution >= 0.6 is 0 Å². The fourth-order valence-electron chi connectivity index (χ4n) is 3.44. The molecule has 3 rings (SSSR count). The molecule has 0 aliphatic carbocycles. The van der Waals surface area contributed by atoms with E-state index in [4.69, 9.17) is 4.74 Å². The van der Waals surface area contributed by atoms with E-state index in [-0.39, 0.29) is 5.75 Å². The van der Waals surface area contributed by atoms with E-state index >= 15 is 0 Å². The lowest BCUT2D eigenvalue weighted by Crippen LogP contribution is -2.02. The number of nitrogens with zero attached hydrogens (tertiary/aromatic N) is 3. The van der Waals surface area contributed by atoms with Crippen molar-refractivity contribution in [2.45, 2.75) is 66.2 Å². The number of aromatic hydroxyl groups is 1. The lowest BCUT2D eigenvalue weighted by atomic mass is 10.0. The number of ether oxygens (including phenoxy) is 1. The van der Waals surface area contributed by atoms with E-state index in [0.717, 1.165) is 41.6 Å². The van der Waals surface area contributed by atoms with Crippen molar-refractivity contribution in [1.82, 2.24) is 15.4 Å². The molecule has 1 heterocycles. The number of hydrogen-bond acceptors (Lipinski definition) is 5. The SMILES string of the molecule is CCCCCCOc1c(O)ccc(CC)c1CC.Cc1cnnnc1-c1ccccc1. The molecule has 1 aromatic heterocycles. The quantitative estimate of drug-likeness (QED) is 0.409. The highest BCUT2D eigenvalue weighted by Crippen LogP contribution is 2.33. The first-order valence-corrected chi connectivity index (χ1v) is 11.3. The summed E-state index contributed by atoms with van der Waals surface area (Å²) in [6, 6.07) is 13.7. The van der Waals surface area contributed by atoms with Crippen LogP contribution in [0, 0.1) is 6.92 Å². The van der Waals surface area contributed by atoms with Gasteiger partial charge in [0, 0.05) is 11.1 Å². The second-order valence-electron chi connectivity index (χ2n) is 7.50. The van der Waals surface area contributed by atoms with Crippen LogP contribution in [0.1, 0.15) is 63.1 Å². The summed E-state index contributed by atoms with van der Waals surface area (Å²) in [6.45, 7) is 9.12. The van der Waals surface area contributed by atoms with Crippen molar-refractivity contribution in [1.29, 1.82) is 0 Å². The molecule has 0 radical (unpaired) electrons. The summed E-state index contributed by atoms with van der Waals surface area (Å²) in [5.41, 5.74) is 5.46. The molecule has 0 saturated carbocycles. The lowest BCUT2D eigenvalue weighted by Gasteiger charge is -2.15. The van der Waals surface area contributed by atoms with Gasteiger partial charge in [-0.3, -0.25) is 0 Å². The molecule has 0 saturated heterocycles. The maximum Gasteiger partial charge on any atom is 0.164 e. The number of aromatic nitrogens is 3. The van der Waals surface area contributed by atoms with Crippen LogP contribution in [0.4, 0.5) is 0 Å². The van der Waals surface area contributed by atoms with Crippen LogP contribution in [0.25, 0.3) is 11.3 Å². The zero-order valence-electron chi connectivity index (χ0n) is 19.3. The van der Waals surface area contributed by atoms with Gasteiger partial charge in [0.1, 0.15) is 0 Å². The first kappa shape index (κ1) is 24.3. The molecular formula is C26H35N3O2. The number of aryl methyl sites for hydroxylation is 2. The Bertz CT molecular complexity index is 914. The molecule has 31 heavy (non-hydrogen) atoms. The van der Waals surface area contributed by atoms with Gasteiger partial charge in [0.25, 0.3) is 0 Å². The van der Waals surface area contributed by atoms with Crippen molar-refractivity contribution < 1.29 is 9.84 Å². The van der Waals surface area contributed by atoms with Crippen molar-refractivity contribution in [3.8, 4) is 22.8 Å². The van der Waals surface area contributed by atoms with Crippen molar-refractivity contribution in [2.75, 3.05) is 6.61 Å². The highest BCUT2D eigenvalue weighted by molar-refractivity contribution is 5.61. The van der Waals surface area contributed by atoms with E-state index < -0.39 is 0 Å². The van der Waals surface area contributed by atoms with Crippen molar-refractivity contribution in [3.63, 3.8) is 0 Å². The Morgan fingerprint density at radius 2 is 1.68 bits per heavy atom. The number of unbranched alkanes of at least 4 members (excludes halogenated alkanes) is 3. The zero-order chi connectivity index (χ0) is 22.5. The molecule has 0 amide bonds. The van der Waals surface area contributed by atoms with E-state index in [9.17, 15) is 5.11 Å². The van der Waals surface area contributed by atoms with Gasteiger partial charge in [0.2, 0.25) is 0 Å². The Labute approximate surface area is 186 Å². The Balaban J connectivity index is 0.000000231. The molecule has 166 valence electrons. The molecule has 0 atom stereocenters. The van der Waals surface area contributed by atoms with E-state index in [0.29, 0.717) is 12.4 Å². The Kier molecular flexibility index (Phi) is 10.5. The molecule has 0 fully saturated rings. The highest BCUT2D eigenvalue weighted by Gasteiger charge is 2.12.